The maximum absolute atomic E-state index is 3.91. The Bertz CT molecular complexity index is 414. The fraction of sp³-hybridized carbons (Fsp3) is 0.375. The summed E-state index contributed by atoms with van der Waals surface area (Å²) >= 11 is 6.54. The Labute approximate surface area is 104 Å². The molecule has 0 aliphatic rings. The Kier molecular flexibility index (Phi) is 3.66. The normalized spacial score (nSPS) is 10.5. The second-order valence-electron chi connectivity index (χ2n) is 3.02. The van der Waals surface area contributed by atoms with E-state index in [9.17, 15) is 0 Å². The number of anilines is 1. The number of rotatable bonds is 4. The number of thiophene rings is 1. The lowest BCUT2D eigenvalue weighted by molar-refractivity contribution is 0.855. The molecule has 0 unspecified atom stereocenters. The Morgan fingerprint density at radius 3 is 2.93 bits per heavy atom. The van der Waals surface area contributed by atoms with Crippen LogP contribution in [0.5, 0.6) is 0 Å². The molecule has 0 spiro atoms. The van der Waals surface area contributed by atoms with Crippen molar-refractivity contribution >= 4 is 43.9 Å². The molecule has 0 radical (unpaired) electrons. The van der Waals surface area contributed by atoms with Crippen LogP contribution >= 0.6 is 38.8 Å². The van der Waals surface area contributed by atoms with Gasteiger partial charge in [-0.3, -0.25) is 0 Å². The van der Waals surface area contributed by atoms with Crippen LogP contribution in [0.4, 0.5) is 5.13 Å². The molecule has 0 fully saturated rings. The minimum absolute atomic E-state index is 0.866. The average Bonchev–Trinajstić information content (AvgIpc) is 2.84. The minimum atomic E-state index is 0.866. The molecule has 0 aromatic carbocycles. The van der Waals surface area contributed by atoms with Gasteiger partial charge in [0, 0.05) is 30.0 Å². The molecule has 2 aromatic rings. The van der Waals surface area contributed by atoms with E-state index in [0.29, 0.717) is 0 Å². The van der Waals surface area contributed by atoms with Crippen molar-refractivity contribution in [3.05, 3.63) is 20.8 Å². The van der Waals surface area contributed by atoms with Crippen LogP contribution in [0.25, 0.3) is 0 Å². The molecule has 0 amide bonds. The summed E-state index contributed by atoms with van der Waals surface area (Å²) < 4.78 is 4.91. The average molecular weight is 305 g/mol. The van der Waals surface area contributed by atoms with Gasteiger partial charge in [0.05, 0.1) is 3.79 Å². The van der Waals surface area contributed by atoms with E-state index >= 15 is 0 Å². The molecule has 80 valence electrons. The maximum atomic E-state index is 3.91. The number of hydrogen-bond acceptors (Lipinski definition) is 6. The lowest BCUT2D eigenvalue weighted by atomic mass is 10.3. The number of halogens is 1. The molecule has 15 heavy (non-hydrogen) atoms. The molecule has 0 saturated heterocycles. The van der Waals surface area contributed by atoms with Gasteiger partial charge in [0.1, 0.15) is 0 Å². The number of likely N-dealkylation sites (N-methyl/N-ethyl adjacent to an activating group) is 1. The van der Waals surface area contributed by atoms with Gasteiger partial charge in [-0.2, -0.15) is 0 Å². The highest BCUT2D eigenvalue weighted by molar-refractivity contribution is 9.11. The maximum Gasteiger partial charge on any atom is 0.227 e. The summed E-state index contributed by atoms with van der Waals surface area (Å²) in [4.78, 5) is 3.43. The Morgan fingerprint density at radius 2 is 2.33 bits per heavy atom. The first-order valence-electron chi connectivity index (χ1n) is 4.36. The Hall–Kier alpha value is -0.530. The van der Waals surface area contributed by atoms with Crippen LogP contribution in [0.3, 0.4) is 0 Å². The standard InChI is InChI=1S/C8H9BrN4S2/c1-13(8-10-11-12-15-8)5-4-6-2-3-7(9)14-6/h2-3H,4-5H2,1H3. The van der Waals surface area contributed by atoms with Gasteiger partial charge in [-0.15, -0.1) is 11.3 Å². The van der Waals surface area contributed by atoms with E-state index in [1.54, 1.807) is 11.3 Å². The molecule has 0 aliphatic heterocycles. The quantitative estimate of drug-likeness (QED) is 0.870. The molecule has 2 rings (SSSR count). The van der Waals surface area contributed by atoms with Crippen LogP contribution in [0, 0.1) is 0 Å². The van der Waals surface area contributed by atoms with Gasteiger partial charge in [0.2, 0.25) is 5.13 Å². The van der Waals surface area contributed by atoms with Gasteiger partial charge in [-0.05, 0) is 39.7 Å². The van der Waals surface area contributed by atoms with Gasteiger partial charge >= 0.3 is 0 Å². The number of nitrogens with zero attached hydrogens (tertiary/aromatic N) is 4. The second-order valence-corrected chi connectivity index (χ2v) is 6.28. The molecule has 7 heteroatoms. The molecule has 2 aromatic heterocycles. The van der Waals surface area contributed by atoms with Crippen LogP contribution in [0.2, 0.25) is 0 Å². The SMILES string of the molecule is CN(CCc1ccc(Br)s1)c1nnns1. The highest BCUT2D eigenvalue weighted by atomic mass is 79.9. The third-order valence-corrected chi connectivity index (χ3v) is 4.33. The number of aromatic nitrogens is 3. The van der Waals surface area contributed by atoms with Gasteiger partial charge in [0.15, 0.2) is 0 Å². The summed E-state index contributed by atoms with van der Waals surface area (Å²) in [6.45, 7) is 0.934. The largest absolute Gasteiger partial charge is 0.348 e. The first kappa shape index (κ1) is 11.0. The molecule has 2 heterocycles. The fourth-order valence-corrected chi connectivity index (χ4v) is 3.06. The molecule has 4 nitrogen and oxygen atoms in total. The summed E-state index contributed by atoms with van der Waals surface area (Å²) in [6.07, 6.45) is 1.02. The zero-order valence-electron chi connectivity index (χ0n) is 8.05. The van der Waals surface area contributed by atoms with Crippen LogP contribution in [-0.4, -0.2) is 28.4 Å². The fourth-order valence-electron chi connectivity index (χ4n) is 1.14. The van der Waals surface area contributed by atoms with Crippen molar-refractivity contribution in [2.24, 2.45) is 0 Å². The van der Waals surface area contributed by atoms with Crippen molar-refractivity contribution in [3.8, 4) is 0 Å². The topological polar surface area (TPSA) is 41.9 Å². The van der Waals surface area contributed by atoms with Crippen LogP contribution in [0.15, 0.2) is 15.9 Å². The lowest BCUT2D eigenvalue weighted by Gasteiger charge is -2.12. The minimum Gasteiger partial charge on any atom is -0.348 e. The number of hydrogen-bond donors (Lipinski definition) is 0. The van der Waals surface area contributed by atoms with Crippen LogP contribution < -0.4 is 4.90 Å². The summed E-state index contributed by atoms with van der Waals surface area (Å²) in [6, 6.07) is 4.22. The first-order valence-corrected chi connectivity index (χ1v) is 6.74. The molecule has 0 aliphatic carbocycles. The lowest BCUT2D eigenvalue weighted by Crippen LogP contribution is -2.19. The van der Waals surface area contributed by atoms with E-state index in [1.165, 1.54) is 20.2 Å². The first-order chi connectivity index (χ1) is 7.25. The zero-order valence-corrected chi connectivity index (χ0v) is 11.3. The van der Waals surface area contributed by atoms with Crippen molar-refractivity contribution in [2.75, 3.05) is 18.5 Å². The van der Waals surface area contributed by atoms with Crippen molar-refractivity contribution in [1.29, 1.82) is 0 Å². The van der Waals surface area contributed by atoms with Crippen LogP contribution in [0.1, 0.15) is 4.88 Å². The van der Waals surface area contributed by atoms with Crippen LogP contribution in [-0.2, 0) is 6.42 Å². The smallest absolute Gasteiger partial charge is 0.227 e. The van der Waals surface area contributed by atoms with Crippen molar-refractivity contribution < 1.29 is 0 Å². The van der Waals surface area contributed by atoms with E-state index in [0.717, 1.165) is 18.1 Å². The van der Waals surface area contributed by atoms with E-state index in [-0.39, 0.29) is 0 Å². The van der Waals surface area contributed by atoms with E-state index in [2.05, 4.69) is 47.8 Å². The summed E-state index contributed by atoms with van der Waals surface area (Å²) in [5.41, 5.74) is 0. The van der Waals surface area contributed by atoms with Gasteiger partial charge in [0.25, 0.3) is 0 Å². The predicted molar refractivity (Wildman–Crippen MR) is 66.7 cm³/mol. The van der Waals surface area contributed by atoms with E-state index < -0.39 is 0 Å². The molecule has 0 saturated carbocycles. The predicted octanol–water partition coefficient (Wildman–Crippen LogP) is 2.44. The molecule has 0 atom stereocenters. The zero-order chi connectivity index (χ0) is 10.7. The Balaban J connectivity index is 1.88. The van der Waals surface area contributed by atoms with Gasteiger partial charge < -0.3 is 4.90 Å². The highest BCUT2D eigenvalue weighted by Gasteiger charge is 2.06. The molecule has 0 N–H and O–H groups in total. The van der Waals surface area contributed by atoms with E-state index in [4.69, 9.17) is 0 Å². The van der Waals surface area contributed by atoms with Gasteiger partial charge in [-0.25, -0.2) is 0 Å². The van der Waals surface area contributed by atoms with Crippen molar-refractivity contribution in [3.63, 3.8) is 0 Å². The second kappa shape index (κ2) is 5.00. The third kappa shape index (κ3) is 2.96. The van der Waals surface area contributed by atoms with E-state index in [1.807, 2.05) is 7.05 Å². The highest BCUT2D eigenvalue weighted by Crippen LogP contribution is 2.23. The summed E-state index contributed by atoms with van der Waals surface area (Å²) in [5, 5.41) is 8.35. The molecular formula is C8H9BrN4S2. The summed E-state index contributed by atoms with van der Waals surface area (Å²) in [7, 11) is 2.00. The van der Waals surface area contributed by atoms with Gasteiger partial charge in [-0.1, -0.05) is 9.59 Å². The molecule has 0 bridgehead atoms. The van der Waals surface area contributed by atoms with Crippen molar-refractivity contribution in [2.45, 2.75) is 6.42 Å². The Morgan fingerprint density at radius 1 is 1.47 bits per heavy atom. The monoisotopic (exact) mass is 304 g/mol. The molecular weight excluding hydrogens is 296 g/mol. The summed E-state index contributed by atoms with van der Waals surface area (Å²) in [5.74, 6) is 0. The third-order valence-electron chi connectivity index (χ3n) is 1.94. The van der Waals surface area contributed by atoms with Crippen molar-refractivity contribution in [1.82, 2.24) is 14.8 Å².